The summed E-state index contributed by atoms with van der Waals surface area (Å²) in [7, 11) is 1.50. The molecule has 0 radical (unpaired) electrons. The van der Waals surface area contributed by atoms with E-state index in [2.05, 4.69) is 25.8 Å². The van der Waals surface area contributed by atoms with Gasteiger partial charge < -0.3 is 10.1 Å². The van der Waals surface area contributed by atoms with Crippen molar-refractivity contribution in [3.05, 3.63) is 60.6 Å². The zero-order valence-electron chi connectivity index (χ0n) is 13.0. The molecule has 8 nitrogen and oxygen atoms in total. The van der Waals surface area contributed by atoms with E-state index in [1.165, 1.54) is 18.1 Å². The number of nitrogens with zero attached hydrogens (tertiary/aromatic N) is 5. The molecule has 122 valence electrons. The Balaban J connectivity index is 1.84. The Morgan fingerprint density at radius 3 is 2.79 bits per heavy atom. The second kappa shape index (κ2) is 7.32. The van der Waals surface area contributed by atoms with Gasteiger partial charge in [0.25, 0.3) is 0 Å². The van der Waals surface area contributed by atoms with Gasteiger partial charge in [0.2, 0.25) is 11.8 Å². The lowest BCUT2D eigenvalue weighted by atomic mass is 10.1. The first-order valence-corrected chi connectivity index (χ1v) is 7.34. The molecule has 0 spiro atoms. The van der Waals surface area contributed by atoms with Gasteiger partial charge in [-0.2, -0.15) is 0 Å². The molecule has 2 aromatic heterocycles. The molecule has 0 bridgehead atoms. The van der Waals surface area contributed by atoms with Crippen LogP contribution in [0.3, 0.4) is 0 Å². The molecule has 0 aliphatic rings. The normalized spacial score (nSPS) is 11.7. The zero-order chi connectivity index (χ0) is 16.8. The van der Waals surface area contributed by atoms with Crippen molar-refractivity contribution in [3.8, 4) is 5.88 Å². The van der Waals surface area contributed by atoms with Crippen LogP contribution in [0.25, 0.3) is 0 Å². The summed E-state index contributed by atoms with van der Waals surface area (Å²) in [5.74, 6) is 0.0958. The molecule has 1 amide bonds. The van der Waals surface area contributed by atoms with Crippen LogP contribution < -0.4 is 10.1 Å². The van der Waals surface area contributed by atoms with E-state index in [4.69, 9.17) is 4.74 Å². The van der Waals surface area contributed by atoms with Gasteiger partial charge in [0, 0.05) is 12.6 Å². The molecule has 3 rings (SSSR count). The summed E-state index contributed by atoms with van der Waals surface area (Å²) < 4.78 is 6.60. The summed E-state index contributed by atoms with van der Waals surface area (Å²) in [6.07, 6.45) is 3.48. The van der Waals surface area contributed by atoms with Crippen LogP contribution in [0.1, 0.15) is 11.6 Å². The first kappa shape index (κ1) is 15.6. The smallest absolute Gasteiger partial charge is 0.249 e. The van der Waals surface area contributed by atoms with E-state index >= 15 is 0 Å². The first-order chi connectivity index (χ1) is 11.8. The van der Waals surface area contributed by atoms with Gasteiger partial charge in [-0.25, -0.2) is 9.67 Å². The molecule has 0 aliphatic heterocycles. The maximum Gasteiger partial charge on any atom is 0.249 e. The third-order valence-corrected chi connectivity index (χ3v) is 3.48. The van der Waals surface area contributed by atoms with Crippen molar-refractivity contribution in [1.29, 1.82) is 0 Å². The van der Waals surface area contributed by atoms with Crippen molar-refractivity contribution < 1.29 is 9.53 Å². The van der Waals surface area contributed by atoms with E-state index in [1.807, 2.05) is 30.3 Å². The van der Waals surface area contributed by atoms with E-state index < -0.39 is 6.04 Å². The number of benzene rings is 1. The number of aromatic nitrogens is 5. The van der Waals surface area contributed by atoms with Crippen molar-refractivity contribution in [3.63, 3.8) is 0 Å². The Labute approximate surface area is 138 Å². The molecule has 3 aromatic rings. The number of carbonyl (C=O) groups excluding carboxylic acids is 1. The number of carbonyl (C=O) groups is 1. The van der Waals surface area contributed by atoms with Crippen LogP contribution in [0.4, 0.5) is 5.69 Å². The second-order valence-electron chi connectivity index (χ2n) is 5.04. The fourth-order valence-electron chi connectivity index (χ4n) is 2.32. The maximum atomic E-state index is 12.8. The average molecular weight is 324 g/mol. The molecule has 1 N–H and O–H groups in total. The standard InChI is InChI=1S/C16H16N6O2/c1-24-16-13(8-5-9-17-16)19-15(23)14(22-11-18-20-21-22)10-12-6-3-2-4-7-12/h2-9,11,14H,10H2,1H3,(H,19,23)/t14-/m0/s1. The molecule has 8 heteroatoms. The second-order valence-corrected chi connectivity index (χ2v) is 5.04. The van der Waals surface area contributed by atoms with E-state index in [0.29, 0.717) is 18.0 Å². The molecular formula is C16H16N6O2. The summed E-state index contributed by atoms with van der Waals surface area (Å²) in [5, 5.41) is 13.9. The van der Waals surface area contributed by atoms with Gasteiger partial charge in [-0.1, -0.05) is 30.3 Å². The van der Waals surface area contributed by atoms with E-state index in [9.17, 15) is 4.79 Å². The van der Waals surface area contributed by atoms with Crippen molar-refractivity contribution in [1.82, 2.24) is 25.2 Å². The predicted octanol–water partition coefficient (Wildman–Crippen LogP) is 1.50. The van der Waals surface area contributed by atoms with Crippen molar-refractivity contribution >= 4 is 11.6 Å². The predicted molar refractivity (Wildman–Crippen MR) is 86.4 cm³/mol. The topological polar surface area (TPSA) is 94.8 Å². The highest BCUT2D eigenvalue weighted by Crippen LogP contribution is 2.22. The third kappa shape index (κ3) is 3.54. The average Bonchev–Trinajstić information content (AvgIpc) is 3.15. The molecule has 24 heavy (non-hydrogen) atoms. The first-order valence-electron chi connectivity index (χ1n) is 7.34. The summed E-state index contributed by atoms with van der Waals surface area (Å²) in [4.78, 5) is 16.8. The van der Waals surface area contributed by atoms with Gasteiger partial charge in [0.05, 0.1) is 7.11 Å². The SMILES string of the molecule is COc1ncccc1NC(=O)[C@H](Cc1ccccc1)n1cnnn1. The van der Waals surface area contributed by atoms with Crippen LogP contribution in [0.5, 0.6) is 5.88 Å². The largest absolute Gasteiger partial charge is 0.480 e. The van der Waals surface area contributed by atoms with Crippen LogP contribution >= 0.6 is 0 Å². The van der Waals surface area contributed by atoms with E-state index in [-0.39, 0.29) is 5.91 Å². The van der Waals surface area contributed by atoms with Gasteiger partial charge in [0.15, 0.2) is 0 Å². The highest BCUT2D eigenvalue weighted by atomic mass is 16.5. The van der Waals surface area contributed by atoms with Gasteiger partial charge in [-0.05, 0) is 28.1 Å². The van der Waals surface area contributed by atoms with E-state index in [0.717, 1.165) is 5.56 Å². The molecule has 1 atom stereocenters. The quantitative estimate of drug-likeness (QED) is 0.738. The Kier molecular flexibility index (Phi) is 4.76. The maximum absolute atomic E-state index is 12.8. The van der Waals surface area contributed by atoms with E-state index in [1.54, 1.807) is 18.3 Å². The van der Waals surface area contributed by atoms with Crippen LogP contribution in [0.2, 0.25) is 0 Å². The fraction of sp³-hybridized carbons (Fsp3) is 0.188. The zero-order valence-corrected chi connectivity index (χ0v) is 13.0. The van der Waals surface area contributed by atoms with Crippen LogP contribution in [0.15, 0.2) is 55.0 Å². The van der Waals surface area contributed by atoms with Crippen molar-refractivity contribution in [2.45, 2.75) is 12.5 Å². The van der Waals surface area contributed by atoms with Crippen LogP contribution in [-0.2, 0) is 11.2 Å². The van der Waals surface area contributed by atoms with Crippen molar-refractivity contribution in [2.24, 2.45) is 0 Å². The number of amides is 1. The number of hydrogen-bond acceptors (Lipinski definition) is 6. The van der Waals surface area contributed by atoms with Crippen LogP contribution in [-0.4, -0.2) is 38.2 Å². The lowest BCUT2D eigenvalue weighted by Crippen LogP contribution is -2.28. The highest BCUT2D eigenvalue weighted by molar-refractivity contribution is 5.94. The van der Waals surface area contributed by atoms with Gasteiger partial charge in [0.1, 0.15) is 18.1 Å². The number of nitrogens with one attached hydrogen (secondary N) is 1. The number of hydrogen-bond donors (Lipinski definition) is 1. The Morgan fingerprint density at radius 1 is 1.25 bits per heavy atom. The molecule has 0 fully saturated rings. The molecule has 0 aliphatic carbocycles. The number of pyridine rings is 1. The minimum atomic E-state index is -0.590. The van der Waals surface area contributed by atoms with Crippen molar-refractivity contribution in [2.75, 3.05) is 12.4 Å². The van der Waals surface area contributed by atoms with Crippen LogP contribution in [0, 0.1) is 0 Å². The molecular weight excluding hydrogens is 308 g/mol. The number of methoxy groups -OCH3 is 1. The van der Waals surface area contributed by atoms with Gasteiger partial charge in [-0.3, -0.25) is 4.79 Å². The van der Waals surface area contributed by atoms with Gasteiger partial charge in [-0.15, -0.1) is 5.10 Å². The summed E-state index contributed by atoms with van der Waals surface area (Å²) >= 11 is 0. The van der Waals surface area contributed by atoms with Gasteiger partial charge >= 0.3 is 0 Å². The Bertz CT molecular complexity index is 791. The summed E-state index contributed by atoms with van der Waals surface area (Å²) in [5.41, 5.74) is 1.50. The monoisotopic (exact) mass is 324 g/mol. The Morgan fingerprint density at radius 2 is 2.08 bits per heavy atom. The summed E-state index contributed by atoms with van der Waals surface area (Å²) in [6, 6.07) is 12.5. The number of anilines is 1. The minimum absolute atomic E-state index is 0.252. The number of rotatable bonds is 6. The summed E-state index contributed by atoms with van der Waals surface area (Å²) in [6.45, 7) is 0. The number of tetrazole rings is 1. The fourth-order valence-corrected chi connectivity index (χ4v) is 2.32. The minimum Gasteiger partial charge on any atom is -0.480 e. The number of ether oxygens (including phenoxy) is 1. The molecule has 0 unspecified atom stereocenters. The molecule has 0 saturated heterocycles. The lowest BCUT2D eigenvalue weighted by molar-refractivity contribution is -0.119. The molecule has 1 aromatic carbocycles. The molecule has 2 heterocycles. The lowest BCUT2D eigenvalue weighted by Gasteiger charge is -2.17. The molecule has 0 saturated carbocycles. The Hall–Kier alpha value is -3.29. The highest BCUT2D eigenvalue weighted by Gasteiger charge is 2.23. The third-order valence-electron chi connectivity index (χ3n) is 3.48.